The molecule has 1 aliphatic rings. The van der Waals surface area contributed by atoms with E-state index in [0.29, 0.717) is 38.5 Å². The zero-order chi connectivity index (χ0) is 14.4. The molecule has 0 saturated carbocycles. The summed E-state index contributed by atoms with van der Waals surface area (Å²) in [5, 5.41) is 15.4. The molecular weight excluding hydrogens is 260 g/mol. The first kappa shape index (κ1) is 14.6. The second kappa shape index (κ2) is 7.12. The van der Waals surface area contributed by atoms with E-state index in [0.717, 1.165) is 5.56 Å². The molecule has 1 amide bonds. The average molecular weight is 280 g/mol. The largest absolute Gasteiger partial charge is 0.508 e. The van der Waals surface area contributed by atoms with Gasteiger partial charge in [-0.2, -0.15) is 0 Å². The molecule has 1 heterocycles. The van der Waals surface area contributed by atoms with Crippen molar-refractivity contribution in [3.63, 3.8) is 0 Å². The molecule has 1 unspecified atom stereocenters. The lowest BCUT2D eigenvalue weighted by molar-refractivity contribution is -0.121. The molecule has 0 spiro atoms. The summed E-state index contributed by atoms with van der Waals surface area (Å²) >= 11 is 0. The second-order valence-electron chi connectivity index (χ2n) is 4.63. The topological polar surface area (TPSA) is 79.8 Å². The number of ether oxygens (including phenoxy) is 2. The van der Waals surface area contributed by atoms with Crippen LogP contribution in [0.2, 0.25) is 0 Å². The van der Waals surface area contributed by atoms with E-state index < -0.39 is 0 Å². The third kappa shape index (κ3) is 3.85. The SMILES string of the molecule is COCCNC(=O)CCNC1COc2cc(O)ccc21. The first-order chi connectivity index (χ1) is 9.70. The van der Waals surface area contributed by atoms with Crippen molar-refractivity contribution < 1.29 is 19.4 Å². The van der Waals surface area contributed by atoms with Gasteiger partial charge in [0, 0.05) is 38.2 Å². The molecule has 0 aliphatic carbocycles. The Kier molecular flexibility index (Phi) is 5.20. The number of phenols is 1. The van der Waals surface area contributed by atoms with Crippen molar-refractivity contribution in [2.24, 2.45) is 0 Å². The number of methoxy groups -OCH3 is 1. The summed E-state index contributed by atoms with van der Waals surface area (Å²) in [6.07, 6.45) is 0.410. The molecular formula is C14H20N2O4. The lowest BCUT2D eigenvalue weighted by atomic mass is 10.1. The summed E-state index contributed by atoms with van der Waals surface area (Å²) in [6.45, 7) is 2.15. The third-order valence-electron chi connectivity index (χ3n) is 3.15. The molecule has 20 heavy (non-hydrogen) atoms. The first-order valence-corrected chi connectivity index (χ1v) is 6.65. The highest BCUT2D eigenvalue weighted by atomic mass is 16.5. The van der Waals surface area contributed by atoms with Gasteiger partial charge in [-0.1, -0.05) is 0 Å². The Hall–Kier alpha value is -1.79. The monoisotopic (exact) mass is 280 g/mol. The minimum atomic E-state index is -0.000560. The molecule has 6 heteroatoms. The van der Waals surface area contributed by atoms with Gasteiger partial charge in [0.25, 0.3) is 0 Å². The van der Waals surface area contributed by atoms with E-state index in [2.05, 4.69) is 10.6 Å². The van der Waals surface area contributed by atoms with Gasteiger partial charge in [0.15, 0.2) is 0 Å². The molecule has 1 aromatic carbocycles. The molecule has 6 nitrogen and oxygen atoms in total. The van der Waals surface area contributed by atoms with Crippen molar-refractivity contribution in [3.05, 3.63) is 23.8 Å². The van der Waals surface area contributed by atoms with Gasteiger partial charge in [-0.3, -0.25) is 4.79 Å². The van der Waals surface area contributed by atoms with Crippen LogP contribution in [0.25, 0.3) is 0 Å². The predicted molar refractivity (Wildman–Crippen MR) is 73.8 cm³/mol. The van der Waals surface area contributed by atoms with Crippen molar-refractivity contribution in [1.82, 2.24) is 10.6 Å². The van der Waals surface area contributed by atoms with Crippen molar-refractivity contribution in [3.8, 4) is 11.5 Å². The smallest absolute Gasteiger partial charge is 0.221 e. The summed E-state index contributed by atoms with van der Waals surface area (Å²) < 4.78 is 10.3. The van der Waals surface area contributed by atoms with Crippen LogP contribution in [-0.2, 0) is 9.53 Å². The number of fused-ring (bicyclic) bond motifs is 1. The molecule has 3 N–H and O–H groups in total. The highest BCUT2D eigenvalue weighted by Gasteiger charge is 2.23. The maximum absolute atomic E-state index is 11.5. The molecule has 0 saturated heterocycles. The lowest BCUT2D eigenvalue weighted by Crippen LogP contribution is -2.31. The fraction of sp³-hybridized carbons (Fsp3) is 0.500. The molecule has 2 rings (SSSR count). The van der Waals surface area contributed by atoms with Crippen LogP contribution in [0.4, 0.5) is 0 Å². The quantitative estimate of drug-likeness (QED) is 0.636. The lowest BCUT2D eigenvalue weighted by Gasteiger charge is -2.11. The van der Waals surface area contributed by atoms with E-state index >= 15 is 0 Å². The van der Waals surface area contributed by atoms with Gasteiger partial charge in [0.1, 0.15) is 18.1 Å². The molecule has 1 aliphatic heterocycles. The van der Waals surface area contributed by atoms with Gasteiger partial charge in [-0.05, 0) is 12.1 Å². The van der Waals surface area contributed by atoms with Crippen LogP contribution in [-0.4, -0.2) is 44.4 Å². The molecule has 1 atom stereocenters. The molecule has 0 aromatic heterocycles. The molecule has 0 fully saturated rings. The van der Waals surface area contributed by atoms with Crippen LogP contribution in [0.3, 0.4) is 0 Å². The maximum atomic E-state index is 11.5. The Morgan fingerprint density at radius 2 is 2.35 bits per heavy atom. The summed E-state index contributed by atoms with van der Waals surface area (Å²) in [6, 6.07) is 5.15. The number of hydrogen-bond donors (Lipinski definition) is 3. The average Bonchev–Trinajstić information content (AvgIpc) is 2.81. The minimum absolute atomic E-state index is 0.000560. The van der Waals surface area contributed by atoms with Crippen LogP contribution < -0.4 is 15.4 Å². The summed E-state index contributed by atoms with van der Waals surface area (Å²) in [5.41, 5.74) is 1.02. The summed E-state index contributed by atoms with van der Waals surface area (Å²) in [4.78, 5) is 11.5. The highest BCUT2D eigenvalue weighted by molar-refractivity contribution is 5.76. The number of carbonyl (C=O) groups excluding carboxylic acids is 1. The fourth-order valence-electron chi connectivity index (χ4n) is 2.11. The normalized spacial score (nSPS) is 16.6. The molecule has 0 bridgehead atoms. The van der Waals surface area contributed by atoms with Gasteiger partial charge in [0.05, 0.1) is 12.6 Å². The number of hydrogen-bond acceptors (Lipinski definition) is 5. The van der Waals surface area contributed by atoms with E-state index in [1.165, 1.54) is 0 Å². The third-order valence-corrected chi connectivity index (χ3v) is 3.15. The van der Waals surface area contributed by atoms with Gasteiger partial charge < -0.3 is 25.2 Å². The zero-order valence-electron chi connectivity index (χ0n) is 11.5. The van der Waals surface area contributed by atoms with Gasteiger partial charge in [-0.25, -0.2) is 0 Å². The first-order valence-electron chi connectivity index (χ1n) is 6.65. The van der Waals surface area contributed by atoms with Crippen molar-refractivity contribution in [2.75, 3.05) is 33.4 Å². The van der Waals surface area contributed by atoms with E-state index in [1.54, 1.807) is 19.2 Å². The Morgan fingerprint density at radius 1 is 1.50 bits per heavy atom. The molecule has 110 valence electrons. The van der Waals surface area contributed by atoms with Crippen molar-refractivity contribution in [1.29, 1.82) is 0 Å². The molecule has 0 radical (unpaired) electrons. The van der Waals surface area contributed by atoms with Gasteiger partial charge >= 0.3 is 0 Å². The van der Waals surface area contributed by atoms with Crippen molar-refractivity contribution >= 4 is 5.91 Å². The molecule has 1 aromatic rings. The number of nitrogens with one attached hydrogen (secondary N) is 2. The Morgan fingerprint density at radius 3 is 3.15 bits per heavy atom. The fourth-order valence-corrected chi connectivity index (χ4v) is 2.11. The van der Waals surface area contributed by atoms with Crippen LogP contribution in [0.5, 0.6) is 11.5 Å². The maximum Gasteiger partial charge on any atom is 0.221 e. The number of aromatic hydroxyl groups is 1. The number of rotatable bonds is 7. The number of amides is 1. The Labute approximate surface area is 118 Å². The summed E-state index contributed by atoms with van der Waals surface area (Å²) in [7, 11) is 1.60. The van der Waals surface area contributed by atoms with Crippen LogP contribution in [0.1, 0.15) is 18.0 Å². The summed E-state index contributed by atoms with van der Waals surface area (Å²) in [5.74, 6) is 0.897. The Balaban J connectivity index is 1.73. The van der Waals surface area contributed by atoms with Crippen LogP contribution in [0, 0.1) is 0 Å². The van der Waals surface area contributed by atoms with Crippen molar-refractivity contribution in [2.45, 2.75) is 12.5 Å². The highest BCUT2D eigenvalue weighted by Crippen LogP contribution is 2.34. The number of phenolic OH excluding ortho intramolecular Hbond substituents is 1. The number of carbonyl (C=O) groups is 1. The second-order valence-corrected chi connectivity index (χ2v) is 4.63. The van der Waals surface area contributed by atoms with E-state index in [4.69, 9.17) is 9.47 Å². The zero-order valence-corrected chi connectivity index (χ0v) is 11.5. The van der Waals surface area contributed by atoms with Gasteiger partial charge in [-0.15, -0.1) is 0 Å². The van der Waals surface area contributed by atoms with Crippen LogP contribution in [0.15, 0.2) is 18.2 Å². The predicted octanol–water partition coefficient (Wildman–Crippen LogP) is 0.568. The van der Waals surface area contributed by atoms with E-state index in [1.807, 2.05) is 6.07 Å². The minimum Gasteiger partial charge on any atom is -0.508 e. The Bertz CT molecular complexity index is 464. The standard InChI is InChI=1S/C14H20N2O4/c1-19-7-6-16-14(18)4-5-15-12-9-20-13-8-10(17)2-3-11(12)13/h2-3,8,12,15,17H,4-7,9H2,1H3,(H,16,18). The van der Waals surface area contributed by atoms with Gasteiger partial charge in [0.2, 0.25) is 5.91 Å². The van der Waals surface area contributed by atoms with Crippen LogP contribution >= 0.6 is 0 Å². The number of benzene rings is 1. The van der Waals surface area contributed by atoms with E-state index in [9.17, 15) is 9.90 Å². The van der Waals surface area contributed by atoms with E-state index in [-0.39, 0.29) is 17.7 Å².